The molecule has 0 saturated carbocycles. The molecule has 1 aliphatic rings. The molecule has 0 spiro atoms. The molecule has 1 aliphatic heterocycles. The van der Waals surface area contributed by atoms with Crippen LogP contribution in [0.5, 0.6) is 0 Å². The Morgan fingerprint density at radius 3 is 2.87 bits per heavy atom. The molecule has 0 aliphatic carbocycles. The van der Waals surface area contributed by atoms with Crippen molar-refractivity contribution in [2.45, 2.75) is 32.7 Å². The molecule has 1 fully saturated rings. The Kier molecular flexibility index (Phi) is 2.76. The number of rotatable bonds is 3. The predicted octanol–water partition coefficient (Wildman–Crippen LogP) is 2.48. The van der Waals surface area contributed by atoms with Gasteiger partial charge in [0.15, 0.2) is 0 Å². The molecule has 80 valence electrons. The van der Waals surface area contributed by atoms with Crippen molar-refractivity contribution in [3.8, 4) is 0 Å². The van der Waals surface area contributed by atoms with Crippen molar-refractivity contribution >= 4 is 5.91 Å². The van der Waals surface area contributed by atoms with Crippen LogP contribution in [-0.4, -0.2) is 23.4 Å². The van der Waals surface area contributed by atoms with Gasteiger partial charge in [-0.3, -0.25) is 4.79 Å². The minimum atomic E-state index is 0.181. The van der Waals surface area contributed by atoms with E-state index < -0.39 is 0 Å². The fourth-order valence-corrected chi connectivity index (χ4v) is 1.83. The van der Waals surface area contributed by atoms with Gasteiger partial charge >= 0.3 is 0 Å². The second-order valence-corrected chi connectivity index (χ2v) is 4.26. The van der Waals surface area contributed by atoms with E-state index in [0.29, 0.717) is 6.04 Å². The average molecular weight is 203 g/mol. The molecule has 0 bridgehead atoms. The zero-order chi connectivity index (χ0) is 10.8. The summed E-state index contributed by atoms with van der Waals surface area (Å²) >= 11 is 0. The van der Waals surface area contributed by atoms with Gasteiger partial charge < -0.3 is 4.90 Å². The van der Waals surface area contributed by atoms with Crippen LogP contribution in [0.1, 0.15) is 36.2 Å². The number of aryl methyl sites for hydroxylation is 1. The lowest BCUT2D eigenvalue weighted by atomic mass is 10.1. The van der Waals surface area contributed by atoms with Crippen molar-refractivity contribution in [2.75, 3.05) is 6.54 Å². The maximum atomic E-state index is 11.9. The molecular formula is C13H17NO. The molecular weight excluding hydrogens is 186 g/mol. The smallest absolute Gasteiger partial charge is 0.254 e. The minimum absolute atomic E-state index is 0.181. The molecule has 1 aromatic carbocycles. The number of carbonyl (C=O) groups excluding carboxylic acids is 1. The molecule has 2 heteroatoms. The first-order valence-electron chi connectivity index (χ1n) is 5.62. The lowest BCUT2D eigenvalue weighted by Crippen LogP contribution is -2.12. The van der Waals surface area contributed by atoms with Crippen LogP contribution in [0.25, 0.3) is 0 Å². The van der Waals surface area contributed by atoms with Crippen LogP contribution in [-0.2, 0) is 6.42 Å². The zero-order valence-electron chi connectivity index (χ0n) is 9.36. The second-order valence-electron chi connectivity index (χ2n) is 4.26. The van der Waals surface area contributed by atoms with Crippen molar-refractivity contribution in [3.05, 3.63) is 35.4 Å². The highest BCUT2D eigenvalue weighted by molar-refractivity contribution is 5.96. The lowest BCUT2D eigenvalue weighted by molar-refractivity contribution is 0.0876. The Balaban J connectivity index is 2.13. The Labute approximate surface area is 90.9 Å². The fraction of sp³-hybridized carbons (Fsp3) is 0.462. The highest BCUT2D eigenvalue weighted by Gasteiger charge is 2.34. The van der Waals surface area contributed by atoms with Crippen LogP contribution in [0.3, 0.4) is 0 Å². The van der Waals surface area contributed by atoms with Crippen LogP contribution in [0.15, 0.2) is 24.3 Å². The van der Waals surface area contributed by atoms with Gasteiger partial charge in [0.1, 0.15) is 0 Å². The molecule has 1 heterocycles. The first-order valence-corrected chi connectivity index (χ1v) is 5.62. The summed E-state index contributed by atoms with van der Waals surface area (Å²) in [7, 11) is 0. The second kappa shape index (κ2) is 4.05. The zero-order valence-corrected chi connectivity index (χ0v) is 9.36. The maximum Gasteiger partial charge on any atom is 0.254 e. The van der Waals surface area contributed by atoms with E-state index in [1.165, 1.54) is 5.56 Å². The van der Waals surface area contributed by atoms with E-state index in [1.807, 2.05) is 23.1 Å². The Bertz CT molecular complexity index is 373. The Morgan fingerprint density at radius 2 is 2.27 bits per heavy atom. The topological polar surface area (TPSA) is 20.1 Å². The van der Waals surface area contributed by atoms with Crippen LogP contribution < -0.4 is 0 Å². The normalized spacial score (nSPS) is 19.1. The van der Waals surface area contributed by atoms with Gasteiger partial charge in [0.05, 0.1) is 0 Å². The number of nitrogens with zero attached hydrogens (tertiary/aromatic N) is 1. The highest BCUT2D eigenvalue weighted by atomic mass is 16.2. The van der Waals surface area contributed by atoms with Gasteiger partial charge in [0, 0.05) is 18.2 Å². The SMILES string of the molecule is CCCc1cccc(C(=O)N2CC2C)c1. The molecule has 1 unspecified atom stereocenters. The molecule has 0 aromatic heterocycles. The molecule has 2 nitrogen and oxygen atoms in total. The summed E-state index contributed by atoms with van der Waals surface area (Å²) in [4.78, 5) is 13.8. The lowest BCUT2D eigenvalue weighted by Gasteiger charge is -2.05. The maximum absolute atomic E-state index is 11.9. The summed E-state index contributed by atoms with van der Waals surface area (Å²) in [6.07, 6.45) is 2.18. The van der Waals surface area contributed by atoms with Gasteiger partial charge in [-0.15, -0.1) is 0 Å². The summed E-state index contributed by atoms with van der Waals surface area (Å²) < 4.78 is 0. The summed E-state index contributed by atoms with van der Waals surface area (Å²) in [5.41, 5.74) is 2.10. The van der Waals surface area contributed by atoms with Gasteiger partial charge in [-0.25, -0.2) is 0 Å². The average Bonchev–Trinajstić information content (AvgIpc) is 2.95. The third-order valence-electron chi connectivity index (χ3n) is 2.83. The summed E-state index contributed by atoms with van der Waals surface area (Å²) in [5, 5.41) is 0. The van der Waals surface area contributed by atoms with Crippen molar-refractivity contribution in [2.24, 2.45) is 0 Å². The van der Waals surface area contributed by atoms with Crippen LogP contribution >= 0.6 is 0 Å². The Hall–Kier alpha value is -1.31. The molecule has 2 rings (SSSR count). The molecule has 0 N–H and O–H groups in total. The van der Waals surface area contributed by atoms with E-state index in [2.05, 4.69) is 19.9 Å². The van der Waals surface area contributed by atoms with Gasteiger partial charge in [-0.2, -0.15) is 0 Å². The van der Waals surface area contributed by atoms with Crippen LogP contribution in [0.2, 0.25) is 0 Å². The fourth-order valence-electron chi connectivity index (χ4n) is 1.83. The van der Waals surface area contributed by atoms with E-state index in [4.69, 9.17) is 0 Å². The van der Waals surface area contributed by atoms with E-state index in [1.54, 1.807) is 0 Å². The minimum Gasteiger partial charge on any atom is -0.332 e. The Morgan fingerprint density at radius 1 is 1.53 bits per heavy atom. The van der Waals surface area contributed by atoms with Crippen molar-refractivity contribution in [1.29, 1.82) is 0 Å². The molecule has 15 heavy (non-hydrogen) atoms. The molecule has 1 atom stereocenters. The standard InChI is InChI=1S/C13H17NO/c1-3-5-11-6-4-7-12(8-11)13(15)14-9-10(14)2/h4,6-8,10H,3,5,9H2,1-2H3. The molecule has 1 aromatic rings. The summed E-state index contributed by atoms with van der Waals surface area (Å²) in [6.45, 7) is 5.14. The van der Waals surface area contributed by atoms with Gasteiger partial charge in [0.25, 0.3) is 5.91 Å². The monoisotopic (exact) mass is 203 g/mol. The largest absolute Gasteiger partial charge is 0.332 e. The first-order chi connectivity index (χ1) is 7.22. The third kappa shape index (κ3) is 2.20. The summed E-state index contributed by atoms with van der Waals surface area (Å²) in [5.74, 6) is 0.181. The molecule has 1 amide bonds. The van der Waals surface area contributed by atoms with Gasteiger partial charge in [0.2, 0.25) is 0 Å². The van der Waals surface area contributed by atoms with Crippen molar-refractivity contribution in [1.82, 2.24) is 4.90 Å². The van der Waals surface area contributed by atoms with Gasteiger partial charge in [-0.05, 0) is 31.0 Å². The molecule has 0 radical (unpaired) electrons. The number of benzene rings is 1. The first kappa shape index (κ1) is 10.2. The summed E-state index contributed by atoms with van der Waals surface area (Å²) in [6, 6.07) is 8.44. The number of amides is 1. The van der Waals surface area contributed by atoms with Gasteiger partial charge in [-0.1, -0.05) is 25.5 Å². The number of carbonyl (C=O) groups is 1. The number of hydrogen-bond donors (Lipinski definition) is 0. The van der Waals surface area contributed by atoms with Crippen molar-refractivity contribution < 1.29 is 4.79 Å². The number of hydrogen-bond acceptors (Lipinski definition) is 1. The third-order valence-corrected chi connectivity index (χ3v) is 2.83. The highest BCUT2D eigenvalue weighted by Crippen LogP contribution is 2.20. The van der Waals surface area contributed by atoms with Crippen LogP contribution in [0.4, 0.5) is 0 Å². The molecule has 1 saturated heterocycles. The van der Waals surface area contributed by atoms with E-state index in [-0.39, 0.29) is 5.91 Å². The van der Waals surface area contributed by atoms with Crippen molar-refractivity contribution in [3.63, 3.8) is 0 Å². The van der Waals surface area contributed by atoms with E-state index in [9.17, 15) is 4.79 Å². The van der Waals surface area contributed by atoms with Crippen LogP contribution in [0, 0.1) is 0 Å². The van der Waals surface area contributed by atoms with E-state index in [0.717, 1.165) is 24.9 Å². The van der Waals surface area contributed by atoms with E-state index >= 15 is 0 Å². The quantitative estimate of drug-likeness (QED) is 0.691. The predicted molar refractivity (Wildman–Crippen MR) is 60.9 cm³/mol.